The summed E-state index contributed by atoms with van der Waals surface area (Å²) in [5.41, 5.74) is 2.34. The van der Waals surface area contributed by atoms with E-state index in [4.69, 9.17) is 23.2 Å². The van der Waals surface area contributed by atoms with Crippen molar-refractivity contribution >= 4 is 40.7 Å². The number of carbonyl (C=O) groups is 1. The first kappa shape index (κ1) is 22.1. The minimum atomic E-state index is -0.853. The third kappa shape index (κ3) is 4.04. The van der Waals surface area contributed by atoms with Gasteiger partial charge in [0.05, 0.1) is 10.6 Å². The molecule has 4 aromatic rings. The highest BCUT2D eigenvalue weighted by atomic mass is 35.5. The van der Waals surface area contributed by atoms with Crippen molar-refractivity contribution in [2.45, 2.75) is 13.0 Å². The molecule has 0 aliphatic carbocycles. The van der Waals surface area contributed by atoms with Crippen LogP contribution in [-0.4, -0.2) is 20.7 Å². The number of halogens is 3. The Morgan fingerprint density at radius 2 is 1.79 bits per heavy atom. The Kier molecular flexibility index (Phi) is 5.81. The van der Waals surface area contributed by atoms with Gasteiger partial charge in [-0.25, -0.2) is 9.07 Å². The van der Waals surface area contributed by atoms with E-state index in [2.05, 4.69) is 20.7 Å². The minimum Gasteiger partial charge on any atom is -0.328 e. The molecule has 5 rings (SSSR count). The molecule has 9 heteroatoms. The third-order valence-electron chi connectivity index (χ3n) is 5.50. The van der Waals surface area contributed by atoms with Crippen LogP contribution in [0.15, 0.2) is 84.1 Å². The normalized spacial score (nSPS) is 15.0. The lowest BCUT2D eigenvalue weighted by molar-refractivity contribution is -0.113. The number of nitrogens with one attached hydrogen (secondary N) is 2. The van der Waals surface area contributed by atoms with Gasteiger partial charge in [0.2, 0.25) is 5.95 Å². The number of hydrogen-bond acceptors (Lipinski definition) is 4. The van der Waals surface area contributed by atoms with Crippen LogP contribution < -0.4 is 10.6 Å². The van der Waals surface area contributed by atoms with Gasteiger partial charge in [-0.05, 0) is 43.3 Å². The molecule has 1 aromatic heterocycles. The lowest BCUT2D eigenvalue weighted by atomic mass is 9.94. The smallest absolute Gasteiger partial charge is 0.255 e. The first-order chi connectivity index (χ1) is 16.4. The van der Waals surface area contributed by atoms with Crippen LogP contribution in [-0.2, 0) is 4.79 Å². The molecule has 0 spiro atoms. The molecule has 1 amide bonds. The highest BCUT2D eigenvalue weighted by Crippen LogP contribution is 2.38. The summed E-state index contributed by atoms with van der Waals surface area (Å²) < 4.78 is 16.5. The van der Waals surface area contributed by atoms with Crippen LogP contribution in [0.2, 0.25) is 10.0 Å². The van der Waals surface area contributed by atoms with Crippen LogP contribution in [0, 0.1) is 5.82 Å². The number of aromatic nitrogens is 3. The van der Waals surface area contributed by atoms with Crippen molar-refractivity contribution in [3.05, 3.63) is 105 Å². The molecule has 1 aliphatic rings. The van der Waals surface area contributed by atoms with Gasteiger partial charge in [-0.2, -0.15) is 4.98 Å². The summed E-state index contributed by atoms with van der Waals surface area (Å²) in [7, 11) is 0. The summed E-state index contributed by atoms with van der Waals surface area (Å²) in [5.74, 6) is -0.150. The zero-order valence-corrected chi connectivity index (χ0v) is 19.4. The number of benzene rings is 3. The Morgan fingerprint density at radius 1 is 1.06 bits per heavy atom. The van der Waals surface area contributed by atoms with Crippen molar-refractivity contribution in [1.82, 2.24) is 14.8 Å². The van der Waals surface area contributed by atoms with Gasteiger partial charge in [0.25, 0.3) is 5.91 Å². The number of para-hydroxylation sites is 1. The number of anilines is 2. The molecular formula is C25H18Cl2FN5O. The molecule has 2 heterocycles. The number of nitrogens with zero attached hydrogens (tertiary/aromatic N) is 3. The Morgan fingerprint density at radius 3 is 2.53 bits per heavy atom. The van der Waals surface area contributed by atoms with Crippen LogP contribution in [0.1, 0.15) is 18.5 Å². The minimum absolute atomic E-state index is 0.293. The van der Waals surface area contributed by atoms with Crippen LogP contribution >= 0.6 is 23.2 Å². The van der Waals surface area contributed by atoms with E-state index in [0.717, 1.165) is 0 Å². The largest absolute Gasteiger partial charge is 0.328 e. The molecule has 0 bridgehead atoms. The Hall–Kier alpha value is -3.68. The van der Waals surface area contributed by atoms with Gasteiger partial charge in [-0.1, -0.05) is 59.6 Å². The van der Waals surface area contributed by atoms with Gasteiger partial charge in [-0.15, -0.1) is 5.10 Å². The van der Waals surface area contributed by atoms with E-state index >= 15 is 4.39 Å². The van der Waals surface area contributed by atoms with E-state index in [-0.39, 0.29) is 5.91 Å². The van der Waals surface area contributed by atoms with Gasteiger partial charge in [0.1, 0.15) is 11.9 Å². The molecule has 0 radical (unpaired) electrons. The third-order valence-corrected chi connectivity index (χ3v) is 6.05. The quantitative estimate of drug-likeness (QED) is 0.349. The second-order valence-electron chi connectivity index (χ2n) is 7.74. The molecule has 0 saturated carbocycles. The zero-order chi connectivity index (χ0) is 23.8. The van der Waals surface area contributed by atoms with Gasteiger partial charge >= 0.3 is 0 Å². The first-order valence-corrected chi connectivity index (χ1v) is 11.2. The number of carbonyl (C=O) groups excluding carboxylic acids is 1. The molecule has 2 N–H and O–H groups in total. The summed E-state index contributed by atoms with van der Waals surface area (Å²) in [6, 6.07) is 19.5. The molecule has 3 aromatic carbocycles. The first-order valence-electron chi connectivity index (χ1n) is 10.4. The van der Waals surface area contributed by atoms with Gasteiger partial charge < -0.3 is 10.6 Å². The summed E-state index contributed by atoms with van der Waals surface area (Å²) in [6.45, 7) is 1.75. The van der Waals surface area contributed by atoms with Crippen molar-refractivity contribution < 1.29 is 9.18 Å². The molecule has 1 unspecified atom stereocenters. The average molecular weight is 494 g/mol. The van der Waals surface area contributed by atoms with Crippen molar-refractivity contribution in [3.63, 3.8) is 0 Å². The SMILES string of the molecule is CC1=C(C(=O)Nc2ccccc2)C(c2ccccc2F)n2nc(-c3ccc(Cl)cc3Cl)nc2N1. The molecule has 0 saturated heterocycles. The predicted molar refractivity (Wildman–Crippen MR) is 131 cm³/mol. The molecular weight excluding hydrogens is 476 g/mol. The topological polar surface area (TPSA) is 71.8 Å². The fourth-order valence-electron chi connectivity index (χ4n) is 3.93. The van der Waals surface area contributed by atoms with E-state index in [9.17, 15) is 4.79 Å². The summed E-state index contributed by atoms with van der Waals surface area (Å²) in [6.07, 6.45) is 0. The number of allylic oxidation sites excluding steroid dienone is 1. The standard InChI is InChI=1S/C25H18Cl2FN5O/c1-14-21(24(34)30-16-7-3-2-4-8-16)22(18-9-5-6-10-20(18)28)33-25(29-14)31-23(32-33)17-12-11-15(26)13-19(17)27/h2-13,22H,1H3,(H,30,34)(H,29,31,32). The molecule has 1 atom stereocenters. The fraction of sp³-hybridized carbons (Fsp3) is 0.0800. The second kappa shape index (κ2) is 8.93. The Labute approximate surface area is 205 Å². The van der Waals surface area contributed by atoms with Gasteiger partial charge in [0, 0.05) is 27.5 Å². The zero-order valence-electron chi connectivity index (χ0n) is 17.9. The maximum atomic E-state index is 15.0. The second-order valence-corrected chi connectivity index (χ2v) is 8.58. The van der Waals surface area contributed by atoms with E-state index in [1.807, 2.05) is 18.2 Å². The monoisotopic (exact) mass is 493 g/mol. The molecule has 1 aliphatic heterocycles. The van der Waals surface area contributed by atoms with Crippen LogP contribution in [0.5, 0.6) is 0 Å². The van der Waals surface area contributed by atoms with Gasteiger partial charge in [0.15, 0.2) is 5.82 Å². The average Bonchev–Trinajstić information content (AvgIpc) is 3.22. The lowest BCUT2D eigenvalue weighted by Gasteiger charge is -2.28. The van der Waals surface area contributed by atoms with Crippen molar-refractivity contribution in [1.29, 1.82) is 0 Å². The van der Waals surface area contributed by atoms with E-state index < -0.39 is 11.9 Å². The van der Waals surface area contributed by atoms with Crippen LogP contribution in [0.4, 0.5) is 16.0 Å². The fourth-order valence-corrected chi connectivity index (χ4v) is 4.43. The summed E-state index contributed by atoms with van der Waals surface area (Å²) in [5, 5.41) is 11.5. The van der Waals surface area contributed by atoms with E-state index in [1.165, 1.54) is 10.7 Å². The van der Waals surface area contributed by atoms with E-state index in [1.54, 1.807) is 55.5 Å². The highest BCUT2D eigenvalue weighted by molar-refractivity contribution is 6.36. The number of rotatable bonds is 4. The molecule has 34 heavy (non-hydrogen) atoms. The highest BCUT2D eigenvalue weighted by Gasteiger charge is 2.36. The molecule has 170 valence electrons. The number of fused-ring (bicyclic) bond motifs is 1. The Bertz CT molecular complexity index is 1430. The number of amides is 1. The summed E-state index contributed by atoms with van der Waals surface area (Å²) in [4.78, 5) is 18.0. The van der Waals surface area contributed by atoms with Crippen molar-refractivity contribution in [2.75, 3.05) is 10.6 Å². The summed E-state index contributed by atoms with van der Waals surface area (Å²) >= 11 is 12.4. The molecule has 0 fully saturated rings. The van der Waals surface area contributed by atoms with Crippen LogP contribution in [0.3, 0.4) is 0 Å². The lowest BCUT2D eigenvalue weighted by Crippen LogP contribution is -2.32. The maximum absolute atomic E-state index is 15.0. The number of hydrogen-bond donors (Lipinski definition) is 2. The molecule has 6 nitrogen and oxygen atoms in total. The van der Waals surface area contributed by atoms with E-state index in [0.29, 0.717) is 49.9 Å². The van der Waals surface area contributed by atoms with Gasteiger partial charge in [-0.3, -0.25) is 4.79 Å². The Balaban J connectivity index is 1.63. The predicted octanol–water partition coefficient (Wildman–Crippen LogP) is 6.32. The van der Waals surface area contributed by atoms with Crippen LogP contribution in [0.25, 0.3) is 11.4 Å². The van der Waals surface area contributed by atoms with Crippen molar-refractivity contribution in [2.24, 2.45) is 0 Å². The van der Waals surface area contributed by atoms with Crippen molar-refractivity contribution in [3.8, 4) is 11.4 Å². The maximum Gasteiger partial charge on any atom is 0.255 e.